The molecule has 0 bridgehead atoms. The van der Waals surface area contributed by atoms with Crippen molar-refractivity contribution < 1.29 is 9.90 Å². The van der Waals surface area contributed by atoms with Crippen LogP contribution in [0.25, 0.3) is 0 Å². The van der Waals surface area contributed by atoms with Crippen LogP contribution in [0, 0.1) is 0 Å². The SMILES string of the molecule is C=C(N)N1CC[C@@H]1CC(=O)O. The summed E-state index contributed by atoms with van der Waals surface area (Å²) in [7, 11) is 0. The van der Waals surface area contributed by atoms with Crippen molar-refractivity contribution >= 4 is 5.97 Å². The Morgan fingerprint density at radius 1 is 1.82 bits per heavy atom. The number of aliphatic carboxylic acids is 1. The van der Waals surface area contributed by atoms with E-state index in [1.165, 1.54) is 0 Å². The van der Waals surface area contributed by atoms with Gasteiger partial charge in [0.1, 0.15) is 0 Å². The number of nitrogens with two attached hydrogens (primary N) is 1. The molecule has 1 aliphatic heterocycles. The van der Waals surface area contributed by atoms with E-state index in [0.717, 1.165) is 13.0 Å². The van der Waals surface area contributed by atoms with Crippen LogP contribution in [-0.4, -0.2) is 28.6 Å². The van der Waals surface area contributed by atoms with Gasteiger partial charge in [-0.15, -0.1) is 0 Å². The number of rotatable bonds is 3. The van der Waals surface area contributed by atoms with Crippen molar-refractivity contribution in [2.75, 3.05) is 6.54 Å². The fourth-order valence-electron chi connectivity index (χ4n) is 1.23. The number of carbonyl (C=O) groups is 1. The van der Waals surface area contributed by atoms with Gasteiger partial charge in [0.05, 0.1) is 12.2 Å². The fraction of sp³-hybridized carbons (Fsp3) is 0.571. The van der Waals surface area contributed by atoms with Crippen molar-refractivity contribution in [3.63, 3.8) is 0 Å². The van der Waals surface area contributed by atoms with Crippen molar-refractivity contribution in [2.24, 2.45) is 5.73 Å². The van der Waals surface area contributed by atoms with Gasteiger partial charge in [-0.05, 0) is 6.42 Å². The molecule has 1 rings (SSSR count). The lowest BCUT2D eigenvalue weighted by molar-refractivity contribution is -0.139. The molecule has 0 aromatic heterocycles. The van der Waals surface area contributed by atoms with E-state index in [9.17, 15) is 4.79 Å². The average molecular weight is 156 g/mol. The van der Waals surface area contributed by atoms with Gasteiger partial charge in [0.2, 0.25) is 0 Å². The lowest BCUT2D eigenvalue weighted by Gasteiger charge is -2.41. The van der Waals surface area contributed by atoms with E-state index in [0.29, 0.717) is 5.82 Å². The highest BCUT2D eigenvalue weighted by molar-refractivity contribution is 5.67. The maximum atomic E-state index is 10.3. The zero-order valence-corrected chi connectivity index (χ0v) is 6.29. The standard InChI is InChI=1S/C7H12N2O2/c1-5(8)9-3-2-6(9)4-7(10)11/h6H,1-4,8H2,(H,10,11)/t6-/m1/s1. The van der Waals surface area contributed by atoms with Crippen LogP contribution in [-0.2, 0) is 4.79 Å². The molecule has 62 valence electrons. The molecule has 1 atom stereocenters. The van der Waals surface area contributed by atoms with Crippen LogP contribution in [0.5, 0.6) is 0 Å². The second-order valence-electron chi connectivity index (χ2n) is 2.73. The van der Waals surface area contributed by atoms with Gasteiger partial charge in [0.15, 0.2) is 0 Å². The maximum Gasteiger partial charge on any atom is 0.305 e. The van der Waals surface area contributed by atoms with Gasteiger partial charge in [-0.2, -0.15) is 0 Å². The quantitative estimate of drug-likeness (QED) is 0.602. The Hall–Kier alpha value is -1.19. The Morgan fingerprint density at radius 3 is 2.73 bits per heavy atom. The summed E-state index contributed by atoms with van der Waals surface area (Å²) < 4.78 is 0. The Kier molecular flexibility index (Phi) is 2.03. The van der Waals surface area contributed by atoms with E-state index in [1.54, 1.807) is 0 Å². The first-order valence-electron chi connectivity index (χ1n) is 3.54. The number of hydrogen-bond donors (Lipinski definition) is 2. The molecule has 0 aromatic rings. The normalized spacial score (nSPS) is 22.5. The number of nitrogens with zero attached hydrogens (tertiary/aromatic N) is 1. The Balaban J connectivity index is 2.37. The summed E-state index contributed by atoms with van der Waals surface area (Å²) in [6, 6.07) is 0.0741. The molecule has 0 aliphatic carbocycles. The summed E-state index contributed by atoms with van der Waals surface area (Å²) in [6.07, 6.45) is 1.07. The summed E-state index contributed by atoms with van der Waals surface area (Å²) in [5, 5.41) is 8.45. The summed E-state index contributed by atoms with van der Waals surface area (Å²) in [4.78, 5) is 12.1. The highest BCUT2D eigenvalue weighted by Gasteiger charge is 2.29. The van der Waals surface area contributed by atoms with Gasteiger partial charge in [-0.3, -0.25) is 4.79 Å². The van der Waals surface area contributed by atoms with Gasteiger partial charge in [0, 0.05) is 12.6 Å². The molecule has 0 unspecified atom stereocenters. The monoisotopic (exact) mass is 156 g/mol. The predicted octanol–water partition coefficient (Wildman–Crippen LogP) is -0.0347. The van der Waals surface area contributed by atoms with Gasteiger partial charge < -0.3 is 15.7 Å². The minimum Gasteiger partial charge on any atom is -0.481 e. The minimum absolute atomic E-state index is 0.0741. The van der Waals surface area contributed by atoms with E-state index in [4.69, 9.17) is 10.8 Å². The Labute approximate surface area is 65.3 Å². The highest BCUT2D eigenvalue weighted by atomic mass is 16.4. The second-order valence-corrected chi connectivity index (χ2v) is 2.73. The molecule has 1 saturated heterocycles. The van der Waals surface area contributed by atoms with Crippen LogP contribution in [0.15, 0.2) is 12.4 Å². The summed E-state index contributed by atoms with van der Waals surface area (Å²) in [5.41, 5.74) is 5.40. The van der Waals surface area contributed by atoms with Gasteiger partial charge in [-0.1, -0.05) is 6.58 Å². The first-order chi connectivity index (χ1) is 5.11. The molecule has 0 radical (unpaired) electrons. The summed E-state index contributed by atoms with van der Waals surface area (Å²) in [5.74, 6) is -0.302. The van der Waals surface area contributed by atoms with E-state index in [1.807, 2.05) is 4.90 Å². The predicted molar refractivity (Wildman–Crippen MR) is 40.7 cm³/mol. The Morgan fingerprint density at radius 2 is 2.45 bits per heavy atom. The smallest absolute Gasteiger partial charge is 0.305 e. The van der Waals surface area contributed by atoms with E-state index in [2.05, 4.69) is 6.58 Å². The molecule has 0 spiro atoms. The molecule has 11 heavy (non-hydrogen) atoms. The molecular weight excluding hydrogens is 144 g/mol. The third kappa shape index (κ3) is 1.63. The van der Waals surface area contributed by atoms with Crippen molar-refractivity contribution in [1.82, 2.24) is 4.90 Å². The fourth-order valence-corrected chi connectivity index (χ4v) is 1.23. The number of carboxylic acid groups (broad SMARTS) is 1. The number of likely N-dealkylation sites (tertiary alicyclic amines) is 1. The Bertz CT molecular complexity index is 191. The third-order valence-electron chi connectivity index (χ3n) is 1.92. The van der Waals surface area contributed by atoms with E-state index < -0.39 is 5.97 Å². The zero-order chi connectivity index (χ0) is 8.43. The average Bonchev–Trinajstić information content (AvgIpc) is 1.78. The van der Waals surface area contributed by atoms with Gasteiger partial charge in [0.25, 0.3) is 0 Å². The van der Waals surface area contributed by atoms with Crippen LogP contribution >= 0.6 is 0 Å². The van der Waals surface area contributed by atoms with Crippen LogP contribution < -0.4 is 5.73 Å². The summed E-state index contributed by atoms with van der Waals surface area (Å²) >= 11 is 0. The third-order valence-corrected chi connectivity index (χ3v) is 1.92. The summed E-state index contributed by atoms with van der Waals surface area (Å²) in [6.45, 7) is 4.39. The van der Waals surface area contributed by atoms with Crippen molar-refractivity contribution in [2.45, 2.75) is 18.9 Å². The van der Waals surface area contributed by atoms with Crippen molar-refractivity contribution in [3.05, 3.63) is 12.4 Å². The first kappa shape index (κ1) is 7.91. The number of carboxylic acids is 1. The van der Waals surface area contributed by atoms with Crippen LogP contribution in [0.3, 0.4) is 0 Å². The topological polar surface area (TPSA) is 66.6 Å². The molecule has 0 saturated carbocycles. The molecule has 4 nitrogen and oxygen atoms in total. The van der Waals surface area contributed by atoms with Gasteiger partial charge in [-0.25, -0.2) is 0 Å². The van der Waals surface area contributed by atoms with Crippen molar-refractivity contribution in [3.8, 4) is 0 Å². The zero-order valence-electron chi connectivity index (χ0n) is 6.29. The lowest BCUT2D eigenvalue weighted by atomic mass is 10.0. The number of hydrogen-bond acceptors (Lipinski definition) is 3. The highest BCUT2D eigenvalue weighted by Crippen LogP contribution is 2.22. The van der Waals surface area contributed by atoms with Crippen LogP contribution in [0.2, 0.25) is 0 Å². The molecule has 4 heteroatoms. The molecule has 3 N–H and O–H groups in total. The minimum atomic E-state index is -0.777. The lowest BCUT2D eigenvalue weighted by Crippen LogP contribution is -2.49. The molecule has 0 aromatic carbocycles. The van der Waals surface area contributed by atoms with Gasteiger partial charge >= 0.3 is 5.97 Å². The first-order valence-corrected chi connectivity index (χ1v) is 3.54. The van der Waals surface area contributed by atoms with Crippen LogP contribution in [0.4, 0.5) is 0 Å². The molecular formula is C7H12N2O2. The molecule has 1 aliphatic rings. The maximum absolute atomic E-state index is 10.3. The van der Waals surface area contributed by atoms with E-state index in [-0.39, 0.29) is 12.5 Å². The molecule has 1 heterocycles. The largest absolute Gasteiger partial charge is 0.481 e. The van der Waals surface area contributed by atoms with E-state index >= 15 is 0 Å². The van der Waals surface area contributed by atoms with Crippen LogP contribution in [0.1, 0.15) is 12.8 Å². The van der Waals surface area contributed by atoms with Crippen molar-refractivity contribution in [1.29, 1.82) is 0 Å². The second kappa shape index (κ2) is 2.82. The molecule has 1 fully saturated rings. The molecule has 0 amide bonds.